The molecule has 0 amide bonds. The second-order valence-electron chi connectivity index (χ2n) is 13.6. The van der Waals surface area contributed by atoms with Gasteiger partial charge < -0.3 is 9.84 Å². The molecule has 0 spiro atoms. The Morgan fingerprint density at radius 2 is 1.36 bits per heavy atom. The van der Waals surface area contributed by atoms with E-state index >= 15 is 0 Å². The van der Waals surface area contributed by atoms with E-state index in [4.69, 9.17) is 16.3 Å². The molecule has 0 saturated heterocycles. The molecule has 2 aromatic heterocycles. The minimum atomic E-state index is -5.10. The molecule has 0 aliphatic carbocycles. The van der Waals surface area contributed by atoms with Gasteiger partial charge in [-0.25, -0.2) is 9.67 Å². The fraction of sp³-hybridized carbons (Fsp3) is 0.111. The molecule has 0 fully saturated rings. The molecule has 2 heterocycles. The SMILES string of the molecule is Cc1cc(N=Nc2ccc3c(S(=O)(=O)O)c(N=Nc4c[nH]n(-c5ccc(S(=O)(=O)O)cc5)c4=O)ccc3c2O)c(OCCCS(=O)(=O)O)cc1N=Nc1nc2c(S(=O)(=O)O)cc(Cl)cc2s1. The maximum absolute atomic E-state index is 13.0. The molecular weight excluding hydrogens is 994 g/mol. The van der Waals surface area contributed by atoms with Crippen LogP contribution in [-0.2, 0) is 40.5 Å². The summed E-state index contributed by atoms with van der Waals surface area (Å²) in [6.45, 7) is 1.34. The zero-order chi connectivity index (χ0) is 47.9. The lowest BCUT2D eigenvalue weighted by atomic mass is 10.1. The molecule has 0 aliphatic heterocycles. The maximum Gasteiger partial charge on any atom is 0.298 e. The first-order valence-electron chi connectivity index (χ1n) is 18.1. The Balaban J connectivity index is 1.20. The van der Waals surface area contributed by atoms with Crippen LogP contribution in [0.3, 0.4) is 0 Å². The molecule has 0 aliphatic rings. The van der Waals surface area contributed by atoms with Gasteiger partial charge in [0.05, 0.1) is 39.5 Å². The molecular formula is C36H28ClN9O15S5. The number of halogens is 1. The average Bonchev–Trinajstić information content (AvgIpc) is 3.81. The standard InChI is InChI=1S/C36H28ClN9O15S5/c1-18-13-27(29(61-11-2-12-63(49,50)51)16-26(18)42-45-36-39-32-30(62-36)14-19(37)15-31(32)65(55,56)57)43-40-24-9-8-23-22(33(24)47)7-10-25(34(23)66(58,59)60)41-44-28-17-38-46(35(28)48)20-3-5-21(6-4-20)64(52,53)54/h3-10,13-17,38,47H,2,11-12H2,1H3,(H,49,50,51)(H,52,53,54)(H,55,56,57)(H,58,59,60). The summed E-state index contributed by atoms with van der Waals surface area (Å²) in [5, 5.41) is 37.7. The number of aryl methyl sites for hydroxylation is 1. The Kier molecular flexibility index (Phi) is 13.0. The minimum Gasteiger partial charge on any atom is -0.505 e. The molecule has 0 unspecified atom stereocenters. The fourth-order valence-electron chi connectivity index (χ4n) is 6.05. The van der Waals surface area contributed by atoms with E-state index in [-0.39, 0.29) is 78.4 Å². The molecule has 0 radical (unpaired) electrons. The van der Waals surface area contributed by atoms with Gasteiger partial charge in [0.1, 0.15) is 38.1 Å². The van der Waals surface area contributed by atoms with Crippen LogP contribution >= 0.6 is 22.9 Å². The smallest absolute Gasteiger partial charge is 0.298 e. The zero-order valence-corrected chi connectivity index (χ0v) is 37.8. The van der Waals surface area contributed by atoms with Crippen molar-refractivity contribution in [3.05, 3.63) is 99.9 Å². The zero-order valence-electron chi connectivity index (χ0n) is 32.9. The summed E-state index contributed by atoms with van der Waals surface area (Å²) >= 11 is 6.94. The van der Waals surface area contributed by atoms with Gasteiger partial charge in [0.25, 0.3) is 46.0 Å². The van der Waals surface area contributed by atoms with Gasteiger partial charge in [0.15, 0.2) is 11.4 Å². The Hall–Kier alpha value is -6.41. The van der Waals surface area contributed by atoms with Gasteiger partial charge in [-0.2, -0.15) is 33.7 Å². The van der Waals surface area contributed by atoms with Gasteiger partial charge in [0.2, 0.25) is 5.13 Å². The van der Waals surface area contributed by atoms with Gasteiger partial charge in [0, 0.05) is 21.9 Å². The van der Waals surface area contributed by atoms with E-state index in [1.165, 1.54) is 42.5 Å². The second kappa shape index (κ2) is 18.1. The van der Waals surface area contributed by atoms with E-state index in [1.807, 2.05) is 0 Å². The summed E-state index contributed by atoms with van der Waals surface area (Å²) in [5.74, 6) is -1.28. The number of hydrogen-bond acceptors (Lipinski definition) is 19. The molecule has 7 rings (SSSR count). The lowest BCUT2D eigenvalue weighted by Crippen LogP contribution is -2.14. The summed E-state index contributed by atoms with van der Waals surface area (Å²) in [7, 11) is -18.6. The number of phenols is 1. The highest BCUT2D eigenvalue weighted by Crippen LogP contribution is 2.43. The van der Waals surface area contributed by atoms with Crippen molar-refractivity contribution in [3.8, 4) is 17.2 Å². The minimum absolute atomic E-state index is 0.0125. The number of aromatic hydroxyl groups is 1. The van der Waals surface area contributed by atoms with E-state index in [2.05, 4.69) is 40.8 Å². The number of azo groups is 3. The molecule has 5 aromatic carbocycles. The van der Waals surface area contributed by atoms with Crippen molar-refractivity contribution >= 4 is 118 Å². The number of hydrogen-bond donors (Lipinski definition) is 6. The number of benzene rings is 5. The van der Waals surface area contributed by atoms with E-state index in [0.29, 0.717) is 5.56 Å². The molecule has 0 atom stereocenters. The number of aromatic amines is 1. The predicted molar refractivity (Wildman–Crippen MR) is 236 cm³/mol. The van der Waals surface area contributed by atoms with Gasteiger partial charge in [-0.1, -0.05) is 29.0 Å². The van der Waals surface area contributed by atoms with Crippen molar-refractivity contribution in [2.75, 3.05) is 12.4 Å². The number of phenolic OH excluding ortho intramolecular Hbond substituents is 1. The van der Waals surface area contributed by atoms with Crippen LogP contribution in [-0.4, -0.2) is 84.1 Å². The lowest BCUT2D eigenvalue weighted by Gasteiger charge is -2.11. The maximum atomic E-state index is 13.0. The highest BCUT2D eigenvalue weighted by Gasteiger charge is 2.24. The number of aromatic nitrogens is 3. The normalized spacial score (nSPS) is 13.0. The average molecular weight is 1020 g/mol. The van der Waals surface area contributed by atoms with Gasteiger partial charge in [-0.15, -0.1) is 30.7 Å². The summed E-state index contributed by atoms with van der Waals surface area (Å²) in [5.41, 5.74) is -1.14. The molecule has 6 N–H and O–H groups in total. The Morgan fingerprint density at radius 3 is 2.03 bits per heavy atom. The molecule has 24 nitrogen and oxygen atoms in total. The first-order chi connectivity index (χ1) is 30.9. The van der Waals surface area contributed by atoms with Crippen LogP contribution < -0.4 is 10.3 Å². The van der Waals surface area contributed by atoms with E-state index in [9.17, 15) is 61.8 Å². The fourth-order valence-corrected chi connectivity index (χ4v) is 9.79. The highest BCUT2D eigenvalue weighted by molar-refractivity contribution is 7.86. The number of ether oxygens (including phenoxy) is 1. The van der Waals surface area contributed by atoms with Crippen molar-refractivity contribution in [1.29, 1.82) is 0 Å². The number of H-pyrrole nitrogens is 1. The molecule has 0 bridgehead atoms. The number of rotatable bonds is 15. The van der Waals surface area contributed by atoms with Crippen LogP contribution in [0.4, 0.5) is 33.6 Å². The van der Waals surface area contributed by atoms with Gasteiger partial charge >= 0.3 is 0 Å². The quantitative estimate of drug-likeness (QED) is 0.0320. The molecule has 7 aromatic rings. The molecule has 344 valence electrons. The van der Waals surface area contributed by atoms with Crippen LogP contribution in [0.15, 0.2) is 129 Å². The largest absolute Gasteiger partial charge is 0.505 e. The number of fused-ring (bicyclic) bond motifs is 2. The molecule has 66 heavy (non-hydrogen) atoms. The van der Waals surface area contributed by atoms with Crippen molar-refractivity contribution in [2.45, 2.75) is 28.0 Å². The topological polar surface area (TPSA) is 372 Å². The molecule has 30 heteroatoms. The third-order valence-corrected chi connectivity index (χ3v) is 13.6. The van der Waals surface area contributed by atoms with Crippen LogP contribution in [0.2, 0.25) is 5.02 Å². The van der Waals surface area contributed by atoms with Crippen LogP contribution in [0, 0.1) is 6.92 Å². The Morgan fingerprint density at radius 1 is 0.727 bits per heavy atom. The summed E-state index contributed by atoms with van der Waals surface area (Å²) in [4.78, 5) is 15.4. The monoisotopic (exact) mass is 1020 g/mol. The van der Waals surface area contributed by atoms with Crippen molar-refractivity contribution in [2.24, 2.45) is 30.7 Å². The summed E-state index contributed by atoms with van der Waals surface area (Å²) < 4.78 is 140. The van der Waals surface area contributed by atoms with Crippen LogP contribution in [0.5, 0.6) is 11.5 Å². The van der Waals surface area contributed by atoms with Crippen LogP contribution in [0.25, 0.3) is 26.7 Å². The van der Waals surface area contributed by atoms with E-state index in [1.54, 1.807) is 6.92 Å². The Labute approximate surface area is 380 Å². The van der Waals surface area contributed by atoms with Crippen molar-refractivity contribution in [3.63, 3.8) is 0 Å². The van der Waals surface area contributed by atoms with Gasteiger partial charge in [-0.3, -0.25) is 28.1 Å². The van der Waals surface area contributed by atoms with E-state index in [0.717, 1.165) is 52.5 Å². The first kappa shape index (κ1) is 47.5. The molecule has 0 saturated carbocycles. The second-order valence-corrected chi connectivity index (χ2v) is 20.8. The summed E-state index contributed by atoms with van der Waals surface area (Å²) in [6.07, 6.45) is 0.954. The number of thiazole rings is 1. The third kappa shape index (κ3) is 10.7. The third-order valence-electron chi connectivity index (χ3n) is 9.03. The lowest BCUT2D eigenvalue weighted by molar-refractivity contribution is 0.317. The number of nitrogens with zero attached hydrogens (tertiary/aromatic N) is 8. The first-order valence-corrected chi connectivity index (χ1v) is 25.2. The highest BCUT2D eigenvalue weighted by atomic mass is 35.5. The Bertz CT molecular complexity index is 3720. The predicted octanol–water partition coefficient (Wildman–Crippen LogP) is 8.24. The van der Waals surface area contributed by atoms with Crippen LogP contribution in [0.1, 0.15) is 12.0 Å². The number of nitrogens with one attached hydrogen (secondary N) is 1. The van der Waals surface area contributed by atoms with Crippen molar-refractivity contribution < 1.29 is 61.7 Å². The van der Waals surface area contributed by atoms with Gasteiger partial charge in [-0.05, 0) is 79.6 Å². The van der Waals surface area contributed by atoms with E-state index < -0.39 is 77.9 Å². The summed E-state index contributed by atoms with van der Waals surface area (Å²) in [6, 6.07) is 14.5. The van der Waals surface area contributed by atoms with Crippen molar-refractivity contribution in [1.82, 2.24) is 14.8 Å².